The number of nitrogens with two attached hydrogens (primary N) is 1. The number of sulfonamides is 1. The molecule has 4 N–H and O–H groups in total. The molecule has 12 heteroatoms. The van der Waals surface area contributed by atoms with Crippen LogP contribution in [0.2, 0.25) is 0 Å². The number of nitrogens with zero attached hydrogens (tertiary/aromatic N) is 3. The summed E-state index contributed by atoms with van der Waals surface area (Å²) in [7, 11) is -2.16. The Labute approximate surface area is 212 Å². The average molecular weight is 521 g/mol. The lowest BCUT2D eigenvalue weighted by atomic mass is 10.1. The van der Waals surface area contributed by atoms with Crippen LogP contribution in [0.1, 0.15) is 55.9 Å². The van der Waals surface area contributed by atoms with Crippen LogP contribution in [0.25, 0.3) is 0 Å². The van der Waals surface area contributed by atoms with Crippen molar-refractivity contribution in [3.8, 4) is 5.75 Å². The second-order valence-corrected chi connectivity index (χ2v) is 11.1. The van der Waals surface area contributed by atoms with Crippen LogP contribution in [0.15, 0.2) is 23.1 Å². The topological polar surface area (TPSA) is 149 Å². The highest BCUT2D eigenvalue weighted by Crippen LogP contribution is 2.29. The number of ether oxygens (including phenoxy) is 1. The van der Waals surface area contributed by atoms with Crippen molar-refractivity contribution in [2.45, 2.75) is 63.9 Å². The van der Waals surface area contributed by atoms with Crippen LogP contribution in [-0.2, 0) is 34.7 Å². The predicted octanol–water partition coefficient (Wildman–Crippen LogP) is 1.42. The fourth-order valence-electron chi connectivity index (χ4n) is 4.47. The first-order valence-corrected chi connectivity index (χ1v) is 13.6. The molecule has 2 heterocycles. The molecule has 0 radical (unpaired) electrons. The van der Waals surface area contributed by atoms with Crippen molar-refractivity contribution >= 4 is 27.5 Å². The molecule has 3 rings (SSSR count). The summed E-state index contributed by atoms with van der Waals surface area (Å²) in [6.07, 6.45) is 1.25. The van der Waals surface area contributed by atoms with Gasteiger partial charge in [0.25, 0.3) is 5.91 Å². The lowest BCUT2D eigenvalue weighted by molar-refractivity contribution is -0.117. The van der Waals surface area contributed by atoms with Gasteiger partial charge in [0, 0.05) is 32.2 Å². The number of aromatic nitrogens is 2. The largest absolute Gasteiger partial charge is 0.493 e. The van der Waals surface area contributed by atoms with Gasteiger partial charge in [-0.25, -0.2) is 8.42 Å². The summed E-state index contributed by atoms with van der Waals surface area (Å²) in [4.78, 5) is 25.2. The van der Waals surface area contributed by atoms with Crippen LogP contribution in [0, 0.1) is 0 Å². The lowest BCUT2D eigenvalue weighted by Gasteiger charge is -2.35. The average Bonchev–Trinajstić information content (AvgIpc) is 3.07. The molecular weight excluding hydrogens is 484 g/mol. The standard InChI is InChI=1S/C24H36N6O5S/c1-6-8-19-23(20(12-22(25)31)29(5)28-19)27-24(32)18-11-17(9-10-21(18)35-7-2)36(33,34)30-13-15(3)26-16(4)14-30/h9-11,15-16,26H,6-8,12-14H2,1-5H3,(H2,25,31)(H,27,32)/t15-,16+. The summed E-state index contributed by atoms with van der Waals surface area (Å²) >= 11 is 0. The van der Waals surface area contributed by atoms with Crippen molar-refractivity contribution in [2.24, 2.45) is 12.8 Å². The van der Waals surface area contributed by atoms with E-state index >= 15 is 0 Å². The van der Waals surface area contributed by atoms with E-state index in [0.717, 1.165) is 6.42 Å². The molecule has 1 fully saturated rings. The molecular formula is C24H36N6O5S. The molecule has 1 aliphatic rings. The Bertz CT molecular complexity index is 1220. The monoisotopic (exact) mass is 520 g/mol. The SMILES string of the molecule is CCCc1nn(C)c(CC(N)=O)c1NC(=O)c1cc(S(=O)(=O)N2C[C@@H](C)N[C@@H](C)C2)ccc1OCC. The van der Waals surface area contributed by atoms with Crippen molar-refractivity contribution in [1.82, 2.24) is 19.4 Å². The molecule has 1 aliphatic heterocycles. The van der Waals surface area contributed by atoms with E-state index in [0.29, 0.717) is 43.2 Å². The third-order valence-corrected chi connectivity index (χ3v) is 7.79. The van der Waals surface area contributed by atoms with E-state index in [9.17, 15) is 18.0 Å². The van der Waals surface area contributed by atoms with Gasteiger partial charge in [0.2, 0.25) is 15.9 Å². The minimum absolute atomic E-state index is 0.000218. The summed E-state index contributed by atoms with van der Waals surface area (Å²) in [6.45, 7) is 8.57. The zero-order valence-electron chi connectivity index (χ0n) is 21.5. The second kappa shape index (κ2) is 11.4. The Morgan fingerprint density at radius 3 is 2.47 bits per heavy atom. The molecule has 11 nitrogen and oxygen atoms in total. The fraction of sp³-hybridized carbons (Fsp3) is 0.542. The zero-order chi connectivity index (χ0) is 26.6. The highest BCUT2D eigenvalue weighted by atomic mass is 32.2. The van der Waals surface area contributed by atoms with E-state index in [1.165, 1.54) is 27.2 Å². The molecule has 0 spiro atoms. The number of hydrogen-bond acceptors (Lipinski definition) is 7. The maximum Gasteiger partial charge on any atom is 0.259 e. The summed E-state index contributed by atoms with van der Waals surface area (Å²) in [6, 6.07) is 4.30. The number of piperazine rings is 1. The van der Waals surface area contributed by atoms with E-state index in [1.54, 1.807) is 14.0 Å². The minimum atomic E-state index is -3.85. The summed E-state index contributed by atoms with van der Waals surface area (Å²) < 4.78 is 35.5. The molecule has 2 aromatic rings. The lowest BCUT2D eigenvalue weighted by Crippen LogP contribution is -2.55. The summed E-state index contributed by atoms with van der Waals surface area (Å²) in [5.41, 5.74) is 7.00. The summed E-state index contributed by atoms with van der Waals surface area (Å²) in [5, 5.41) is 10.6. The first-order valence-electron chi connectivity index (χ1n) is 12.1. The van der Waals surface area contributed by atoms with Gasteiger partial charge in [0.05, 0.1) is 40.6 Å². The highest BCUT2D eigenvalue weighted by molar-refractivity contribution is 7.89. The van der Waals surface area contributed by atoms with Gasteiger partial charge in [-0.2, -0.15) is 9.40 Å². The van der Waals surface area contributed by atoms with Crippen LogP contribution < -0.4 is 21.1 Å². The van der Waals surface area contributed by atoms with Gasteiger partial charge in [0.1, 0.15) is 5.75 Å². The molecule has 1 aromatic heterocycles. The number of primary amides is 1. The minimum Gasteiger partial charge on any atom is -0.493 e. The molecule has 0 bridgehead atoms. The summed E-state index contributed by atoms with van der Waals surface area (Å²) in [5.74, 6) is -0.860. The van der Waals surface area contributed by atoms with E-state index in [-0.39, 0.29) is 34.7 Å². The molecule has 2 atom stereocenters. The van der Waals surface area contributed by atoms with Crippen molar-refractivity contribution in [1.29, 1.82) is 0 Å². The number of hydrogen-bond donors (Lipinski definition) is 3. The molecule has 36 heavy (non-hydrogen) atoms. The third kappa shape index (κ3) is 6.05. The number of aryl methyl sites for hydroxylation is 2. The molecule has 2 amide bonds. The van der Waals surface area contributed by atoms with Gasteiger partial charge in [-0.1, -0.05) is 13.3 Å². The number of carbonyl (C=O) groups is 2. The fourth-order valence-corrected chi connectivity index (χ4v) is 6.12. The Morgan fingerprint density at radius 2 is 1.89 bits per heavy atom. The third-order valence-electron chi connectivity index (χ3n) is 5.96. The van der Waals surface area contributed by atoms with Crippen LogP contribution >= 0.6 is 0 Å². The van der Waals surface area contributed by atoms with Gasteiger partial charge >= 0.3 is 0 Å². The van der Waals surface area contributed by atoms with Crippen LogP contribution in [0.5, 0.6) is 5.75 Å². The number of anilines is 1. The molecule has 1 saturated heterocycles. The quantitative estimate of drug-likeness (QED) is 0.429. The number of rotatable bonds is 10. The van der Waals surface area contributed by atoms with Gasteiger partial charge in [0.15, 0.2) is 0 Å². The Kier molecular flexibility index (Phi) is 8.75. The number of carbonyl (C=O) groups excluding carboxylic acids is 2. The van der Waals surface area contributed by atoms with Crippen molar-refractivity contribution < 1.29 is 22.7 Å². The molecule has 198 valence electrons. The van der Waals surface area contributed by atoms with Crippen LogP contribution in [-0.4, -0.2) is 66.1 Å². The molecule has 0 aliphatic carbocycles. The van der Waals surface area contributed by atoms with Crippen molar-refractivity contribution in [3.63, 3.8) is 0 Å². The van der Waals surface area contributed by atoms with Gasteiger partial charge in [-0.05, 0) is 45.4 Å². The van der Waals surface area contributed by atoms with E-state index in [1.807, 2.05) is 20.8 Å². The number of amides is 2. The normalized spacial score (nSPS) is 18.7. The van der Waals surface area contributed by atoms with Crippen molar-refractivity contribution in [2.75, 3.05) is 25.0 Å². The highest BCUT2D eigenvalue weighted by Gasteiger charge is 2.32. The number of benzene rings is 1. The maximum atomic E-state index is 13.5. The van der Waals surface area contributed by atoms with Gasteiger partial charge in [-0.3, -0.25) is 14.3 Å². The maximum absolute atomic E-state index is 13.5. The number of nitrogens with one attached hydrogen (secondary N) is 2. The van der Waals surface area contributed by atoms with Crippen LogP contribution in [0.3, 0.4) is 0 Å². The van der Waals surface area contributed by atoms with E-state index in [2.05, 4.69) is 15.7 Å². The second-order valence-electron chi connectivity index (χ2n) is 9.12. The zero-order valence-corrected chi connectivity index (χ0v) is 22.3. The van der Waals surface area contributed by atoms with Gasteiger partial charge < -0.3 is 21.1 Å². The van der Waals surface area contributed by atoms with Crippen LogP contribution in [0.4, 0.5) is 5.69 Å². The Hall–Kier alpha value is -2.96. The smallest absolute Gasteiger partial charge is 0.259 e. The van der Waals surface area contributed by atoms with E-state index in [4.69, 9.17) is 10.5 Å². The first-order chi connectivity index (χ1) is 17.0. The molecule has 0 unspecified atom stereocenters. The van der Waals surface area contributed by atoms with Crippen molar-refractivity contribution in [3.05, 3.63) is 35.2 Å². The van der Waals surface area contributed by atoms with E-state index < -0.39 is 21.8 Å². The Balaban J connectivity index is 2.02. The molecule has 0 saturated carbocycles. The van der Waals surface area contributed by atoms with Gasteiger partial charge in [-0.15, -0.1) is 0 Å². The predicted molar refractivity (Wildman–Crippen MR) is 136 cm³/mol. The Morgan fingerprint density at radius 1 is 1.22 bits per heavy atom. The first kappa shape index (κ1) is 27.6. The molecule has 1 aromatic carbocycles.